The fourth-order valence-electron chi connectivity index (χ4n) is 2.75. The van der Waals surface area contributed by atoms with Gasteiger partial charge in [0, 0.05) is 26.6 Å². The highest BCUT2D eigenvalue weighted by Gasteiger charge is 2.22. The Bertz CT molecular complexity index is 610. The van der Waals surface area contributed by atoms with Gasteiger partial charge < -0.3 is 9.80 Å². The maximum atomic E-state index is 11.9. The predicted molar refractivity (Wildman–Crippen MR) is 81.3 cm³/mol. The number of fused-ring (bicyclic) bond motifs is 1. The van der Waals surface area contributed by atoms with Gasteiger partial charge in [-0.3, -0.25) is 9.48 Å². The SMILES string of the molecule is CC(=O)N1CCCN(CCn2cncn2)c2ccccc21. The van der Waals surface area contributed by atoms with Crippen LogP contribution in [0, 0.1) is 0 Å². The third-order valence-corrected chi connectivity index (χ3v) is 3.77. The molecule has 6 heteroatoms. The Morgan fingerprint density at radius 2 is 2.00 bits per heavy atom. The number of nitrogens with zero attached hydrogens (tertiary/aromatic N) is 5. The molecule has 0 saturated heterocycles. The number of carbonyl (C=O) groups excluding carboxylic acids is 1. The van der Waals surface area contributed by atoms with E-state index in [0.29, 0.717) is 0 Å². The van der Waals surface area contributed by atoms with Crippen LogP contribution in [-0.2, 0) is 11.3 Å². The molecule has 0 unspecified atom stereocenters. The normalized spacial score (nSPS) is 14.7. The zero-order valence-corrected chi connectivity index (χ0v) is 12.1. The van der Waals surface area contributed by atoms with Crippen LogP contribution in [0.25, 0.3) is 0 Å². The molecular weight excluding hydrogens is 266 g/mol. The average molecular weight is 285 g/mol. The van der Waals surface area contributed by atoms with Crippen molar-refractivity contribution in [1.29, 1.82) is 0 Å². The van der Waals surface area contributed by atoms with Crippen LogP contribution in [0.1, 0.15) is 13.3 Å². The summed E-state index contributed by atoms with van der Waals surface area (Å²) < 4.78 is 1.83. The second kappa shape index (κ2) is 5.95. The van der Waals surface area contributed by atoms with Crippen molar-refractivity contribution in [3.8, 4) is 0 Å². The summed E-state index contributed by atoms with van der Waals surface area (Å²) in [4.78, 5) is 20.0. The van der Waals surface area contributed by atoms with Crippen molar-refractivity contribution < 1.29 is 4.79 Å². The minimum atomic E-state index is 0.0978. The highest BCUT2D eigenvalue weighted by molar-refractivity contribution is 5.95. The number of rotatable bonds is 3. The Kier molecular flexibility index (Phi) is 3.85. The van der Waals surface area contributed by atoms with Crippen LogP contribution in [0.15, 0.2) is 36.9 Å². The zero-order chi connectivity index (χ0) is 14.7. The summed E-state index contributed by atoms with van der Waals surface area (Å²) >= 11 is 0. The van der Waals surface area contributed by atoms with Crippen molar-refractivity contribution in [2.24, 2.45) is 0 Å². The lowest BCUT2D eigenvalue weighted by Gasteiger charge is -2.26. The van der Waals surface area contributed by atoms with E-state index >= 15 is 0 Å². The number of benzene rings is 1. The number of anilines is 2. The quantitative estimate of drug-likeness (QED) is 0.858. The van der Waals surface area contributed by atoms with Crippen LogP contribution in [0.2, 0.25) is 0 Å². The molecule has 0 aliphatic carbocycles. The first-order valence-electron chi connectivity index (χ1n) is 7.20. The number of para-hydroxylation sites is 2. The lowest BCUT2D eigenvalue weighted by Crippen LogP contribution is -2.28. The second-order valence-corrected chi connectivity index (χ2v) is 5.16. The summed E-state index contributed by atoms with van der Waals surface area (Å²) in [5.74, 6) is 0.0978. The molecule has 110 valence electrons. The van der Waals surface area contributed by atoms with E-state index in [1.807, 2.05) is 27.8 Å². The van der Waals surface area contributed by atoms with Crippen molar-refractivity contribution in [2.45, 2.75) is 19.9 Å². The number of aromatic nitrogens is 3. The van der Waals surface area contributed by atoms with Gasteiger partial charge in [0.15, 0.2) is 0 Å². The molecule has 0 fully saturated rings. The highest BCUT2D eigenvalue weighted by atomic mass is 16.2. The number of hydrogen-bond donors (Lipinski definition) is 0. The molecule has 2 heterocycles. The van der Waals surface area contributed by atoms with Crippen LogP contribution in [0.4, 0.5) is 11.4 Å². The second-order valence-electron chi connectivity index (χ2n) is 5.16. The summed E-state index contributed by atoms with van der Waals surface area (Å²) in [6, 6.07) is 8.10. The Morgan fingerprint density at radius 1 is 1.19 bits per heavy atom. The fourth-order valence-corrected chi connectivity index (χ4v) is 2.75. The molecule has 1 amide bonds. The van der Waals surface area contributed by atoms with Gasteiger partial charge in [-0.2, -0.15) is 5.10 Å². The summed E-state index contributed by atoms with van der Waals surface area (Å²) in [6.07, 6.45) is 4.24. The van der Waals surface area contributed by atoms with Crippen molar-refractivity contribution in [3.63, 3.8) is 0 Å². The van der Waals surface area contributed by atoms with Gasteiger partial charge in [-0.05, 0) is 18.6 Å². The van der Waals surface area contributed by atoms with Crippen molar-refractivity contribution in [3.05, 3.63) is 36.9 Å². The molecule has 0 radical (unpaired) electrons. The summed E-state index contributed by atoms with van der Waals surface area (Å²) in [5.41, 5.74) is 2.12. The van der Waals surface area contributed by atoms with E-state index in [1.165, 1.54) is 0 Å². The van der Waals surface area contributed by atoms with Crippen LogP contribution < -0.4 is 9.80 Å². The molecule has 0 spiro atoms. The minimum Gasteiger partial charge on any atom is -0.368 e. The Labute approximate surface area is 124 Å². The lowest BCUT2D eigenvalue weighted by atomic mass is 10.2. The molecular formula is C15H19N5O. The summed E-state index contributed by atoms with van der Waals surface area (Å²) in [5, 5.41) is 4.14. The molecule has 1 aromatic carbocycles. The topological polar surface area (TPSA) is 54.3 Å². The molecule has 0 N–H and O–H groups in total. The maximum absolute atomic E-state index is 11.9. The molecule has 3 rings (SSSR count). The molecule has 0 saturated carbocycles. The third kappa shape index (κ3) is 2.89. The molecule has 0 atom stereocenters. The minimum absolute atomic E-state index is 0.0978. The molecule has 6 nitrogen and oxygen atoms in total. The largest absolute Gasteiger partial charge is 0.368 e. The maximum Gasteiger partial charge on any atom is 0.223 e. The first kappa shape index (κ1) is 13.6. The van der Waals surface area contributed by atoms with Gasteiger partial charge in [0.2, 0.25) is 5.91 Å². The van der Waals surface area contributed by atoms with Gasteiger partial charge in [0.1, 0.15) is 12.7 Å². The lowest BCUT2D eigenvalue weighted by molar-refractivity contribution is -0.116. The molecule has 2 aromatic rings. The van der Waals surface area contributed by atoms with Gasteiger partial charge in [0.25, 0.3) is 0 Å². The van der Waals surface area contributed by atoms with E-state index in [0.717, 1.165) is 44.0 Å². The first-order valence-corrected chi connectivity index (χ1v) is 7.20. The zero-order valence-electron chi connectivity index (χ0n) is 12.1. The van der Waals surface area contributed by atoms with E-state index in [1.54, 1.807) is 19.6 Å². The van der Waals surface area contributed by atoms with Gasteiger partial charge in [-0.15, -0.1) is 0 Å². The molecule has 0 bridgehead atoms. The van der Waals surface area contributed by atoms with E-state index in [2.05, 4.69) is 21.0 Å². The Hall–Kier alpha value is -2.37. The molecule has 1 aliphatic rings. The van der Waals surface area contributed by atoms with Crippen LogP contribution in [0.3, 0.4) is 0 Å². The summed E-state index contributed by atoms with van der Waals surface area (Å²) in [6.45, 7) is 4.98. The van der Waals surface area contributed by atoms with Crippen molar-refractivity contribution in [2.75, 3.05) is 29.4 Å². The van der Waals surface area contributed by atoms with E-state index in [4.69, 9.17) is 0 Å². The number of carbonyl (C=O) groups is 1. The summed E-state index contributed by atoms with van der Waals surface area (Å²) in [7, 11) is 0. The van der Waals surface area contributed by atoms with Gasteiger partial charge in [0.05, 0.1) is 17.9 Å². The average Bonchev–Trinajstić information content (AvgIpc) is 2.93. The first-order chi connectivity index (χ1) is 10.3. The van der Waals surface area contributed by atoms with Crippen molar-refractivity contribution in [1.82, 2.24) is 14.8 Å². The van der Waals surface area contributed by atoms with Crippen molar-refractivity contribution >= 4 is 17.3 Å². The van der Waals surface area contributed by atoms with E-state index < -0.39 is 0 Å². The van der Waals surface area contributed by atoms with E-state index in [-0.39, 0.29) is 5.91 Å². The monoisotopic (exact) mass is 285 g/mol. The highest BCUT2D eigenvalue weighted by Crippen LogP contribution is 2.32. The molecule has 1 aromatic heterocycles. The molecule has 1 aliphatic heterocycles. The fraction of sp³-hybridized carbons (Fsp3) is 0.400. The number of amides is 1. The van der Waals surface area contributed by atoms with Crippen LogP contribution in [0.5, 0.6) is 0 Å². The third-order valence-electron chi connectivity index (χ3n) is 3.77. The van der Waals surface area contributed by atoms with Crippen LogP contribution in [-0.4, -0.2) is 40.3 Å². The van der Waals surface area contributed by atoms with Gasteiger partial charge in [-0.1, -0.05) is 12.1 Å². The standard InChI is InChI=1S/C15H19N5O/c1-13(21)20-8-4-7-18(9-10-19-12-16-11-17-19)14-5-2-3-6-15(14)20/h2-3,5-6,11-12H,4,7-10H2,1H3. The van der Waals surface area contributed by atoms with Crippen LogP contribution >= 0.6 is 0 Å². The smallest absolute Gasteiger partial charge is 0.223 e. The van der Waals surface area contributed by atoms with Gasteiger partial charge >= 0.3 is 0 Å². The Balaban J connectivity index is 1.83. The number of hydrogen-bond acceptors (Lipinski definition) is 4. The molecule has 21 heavy (non-hydrogen) atoms. The predicted octanol–water partition coefficient (Wildman–Crippen LogP) is 1.54. The van der Waals surface area contributed by atoms with E-state index in [9.17, 15) is 4.79 Å². The van der Waals surface area contributed by atoms with Gasteiger partial charge in [-0.25, -0.2) is 4.98 Å². The Morgan fingerprint density at radius 3 is 2.71 bits per heavy atom.